The molecule has 2 rings (SSSR count). The van der Waals surface area contributed by atoms with E-state index >= 15 is 0 Å². The van der Waals surface area contributed by atoms with Crippen molar-refractivity contribution in [3.05, 3.63) is 0 Å². The van der Waals surface area contributed by atoms with Crippen LogP contribution in [0.1, 0.15) is 40.0 Å². The van der Waals surface area contributed by atoms with Crippen LogP contribution in [0.15, 0.2) is 0 Å². The second kappa shape index (κ2) is 3.82. The summed E-state index contributed by atoms with van der Waals surface area (Å²) in [6.45, 7) is 10.9. The van der Waals surface area contributed by atoms with Crippen LogP contribution in [-0.4, -0.2) is 36.1 Å². The highest BCUT2D eigenvalue weighted by molar-refractivity contribution is 4.98. The van der Waals surface area contributed by atoms with E-state index in [0.29, 0.717) is 5.54 Å². The second-order valence-corrected chi connectivity index (χ2v) is 5.21. The van der Waals surface area contributed by atoms with Crippen LogP contribution in [-0.2, 0) is 0 Å². The molecule has 2 heterocycles. The lowest BCUT2D eigenvalue weighted by Gasteiger charge is -2.52. The Morgan fingerprint density at radius 2 is 2.07 bits per heavy atom. The minimum Gasteiger partial charge on any atom is -0.312 e. The third kappa shape index (κ3) is 1.59. The van der Waals surface area contributed by atoms with E-state index in [1.807, 2.05) is 0 Å². The van der Waals surface area contributed by atoms with Gasteiger partial charge in [0.05, 0.1) is 0 Å². The minimum absolute atomic E-state index is 0.447. The first kappa shape index (κ1) is 10.4. The first-order valence-electron chi connectivity index (χ1n) is 6.18. The van der Waals surface area contributed by atoms with Crippen LogP contribution in [0.25, 0.3) is 0 Å². The summed E-state index contributed by atoms with van der Waals surface area (Å²) in [5.74, 6) is 0.990. The van der Waals surface area contributed by atoms with E-state index in [9.17, 15) is 0 Å². The molecule has 0 saturated carbocycles. The van der Waals surface area contributed by atoms with Crippen molar-refractivity contribution in [1.82, 2.24) is 10.2 Å². The number of likely N-dealkylation sites (tertiary alicyclic amines) is 1. The summed E-state index contributed by atoms with van der Waals surface area (Å²) >= 11 is 0. The standard InChI is InChI=1S/C12H24N2/c1-4-12(3,5-2)14-7-6-10-8-13-11(10)9-14/h10-11,13H,4-9H2,1-3H3. The average molecular weight is 196 g/mol. The molecule has 14 heavy (non-hydrogen) atoms. The molecule has 2 unspecified atom stereocenters. The molecule has 1 N–H and O–H groups in total. The fourth-order valence-electron chi connectivity index (χ4n) is 2.81. The number of hydrogen-bond donors (Lipinski definition) is 1. The molecule has 2 nitrogen and oxygen atoms in total. The zero-order valence-corrected chi connectivity index (χ0v) is 9.84. The minimum atomic E-state index is 0.447. The van der Waals surface area contributed by atoms with Gasteiger partial charge in [0, 0.05) is 18.1 Å². The fourth-order valence-corrected chi connectivity index (χ4v) is 2.81. The molecule has 0 amide bonds. The van der Waals surface area contributed by atoms with Gasteiger partial charge in [-0.15, -0.1) is 0 Å². The summed E-state index contributed by atoms with van der Waals surface area (Å²) in [6.07, 6.45) is 3.97. The third-order valence-electron chi connectivity index (χ3n) is 4.68. The second-order valence-electron chi connectivity index (χ2n) is 5.21. The average Bonchev–Trinajstić information content (AvgIpc) is 2.19. The van der Waals surface area contributed by atoms with Gasteiger partial charge in [-0.3, -0.25) is 4.90 Å². The lowest BCUT2D eigenvalue weighted by Crippen LogP contribution is -2.65. The Kier molecular flexibility index (Phi) is 2.85. The van der Waals surface area contributed by atoms with Crippen LogP contribution >= 0.6 is 0 Å². The van der Waals surface area contributed by atoms with Gasteiger partial charge in [0.15, 0.2) is 0 Å². The van der Waals surface area contributed by atoms with Gasteiger partial charge in [-0.05, 0) is 45.2 Å². The van der Waals surface area contributed by atoms with Crippen molar-refractivity contribution >= 4 is 0 Å². The van der Waals surface area contributed by atoms with Crippen LogP contribution in [0.2, 0.25) is 0 Å². The molecule has 0 aliphatic carbocycles. The van der Waals surface area contributed by atoms with Crippen molar-refractivity contribution in [2.75, 3.05) is 19.6 Å². The van der Waals surface area contributed by atoms with Gasteiger partial charge in [-0.1, -0.05) is 13.8 Å². The summed E-state index contributed by atoms with van der Waals surface area (Å²) < 4.78 is 0. The first-order chi connectivity index (χ1) is 6.69. The van der Waals surface area contributed by atoms with Gasteiger partial charge < -0.3 is 5.32 Å². The highest BCUT2D eigenvalue weighted by Gasteiger charge is 2.40. The zero-order chi connectivity index (χ0) is 10.2. The summed E-state index contributed by atoms with van der Waals surface area (Å²) in [5, 5.41) is 3.56. The van der Waals surface area contributed by atoms with E-state index < -0.39 is 0 Å². The van der Waals surface area contributed by atoms with Crippen molar-refractivity contribution in [3.8, 4) is 0 Å². The van der Waals surface area contributed by atoms with Crippen molar-refractivity contribution in [3.63, 3.8) is 0 Å². The first-order valence-corrected chi connectivity index (χ1v) is 6.18. The summed E-state index contributed by atoms with van der Waals surface area (Å²) in [6, 6.07) is 0.807. The molecule has 0 aromatic rings. The van der Waals surface area contributed by atoms with Gasteiger partial charge in [0.1, 0.15) is 0 Å². The molecular formula is C12H24N2. The van der Waals surface area contributed by atoms with E-state index in [1.165, 1.54) is 38.9 Å². The number of piperidine rings is 1. The van der Waals surface area contributed by atoms with E-state index in [1.54, 1.807) is 0 Å². The van der Waals surface area contributed by atoms with Crippen molar-refractivity contribution in [2.24, 2.45) is 5.92 Å². The van der Waals surface area contributed by atoms with Gasteiger partial charge in [0.2, 0.25) is 0 Å². The molecule has 2 atom stereocenters. The normalized spacial score (nSPS) is 33.6. The maximum Gasteiger partial charge on any atom is 0.0236 e. The van der Waals surface area contributed by atoms with Crippen LogP contribution in [0.3, 0.4) is 0 Å². The number of rotatable bonds is 3. The van der Waals surface area contributed by atoms with Crippen molar-refractivity contribution in [1.29, 1.82) is 0 Å². The molecule has 2 aliphatic rings. The van der Waals surface area contributed by atoms with E-state index in [-0.39, 0.29) is 0 Å². The van der Waals surface area contributed by atoms with Gasteiger partial charge in [-0.25, -0.2) is 0 Å². The molecule has 2 saturated heterocycles. The lowest BCUT2D eigenvalue weighted by molar-refractivity contribution is 0.00831. The predicted octanol–water partition coefficient (Wildman–Crippen LogP) is 1.86. The maximum absolute atomic E-state index is 3.56. The molecule has 0 radical (unpaired) electrons. The molecule has 2 heteroatoms. The largest absolute Gasteiger partial charge is 0.312 e. The quantitative estimate of drug-likeness (QED) is 0.741. The molecule has 82 valence electrons. The highest BCUT2D eigenvalue weighted by atomic mass is 15.2. The van der Waals surface area contributed by atoms with Gasteiger partial charge in [0.25, 0.3) is 0 Å². The van der Waals surface area contributed by atoms with Crippen LogP contribution in [0, 0.1) is 5.92 Å². The van der Waals surface area contributed by atoms with E-state index in [0.717, 1.165) is 12.0 Å². The highest BCUT2D eigenvalue weighted by Crippen LogP contribution is 2.31. The topological polar surface area (TPSA) is 15.3 Å². The van der Waals surface area contributed by atoms with E-state index in [4.69, 9.17) is 0 Å². The lowest BCUT2D eigenvalue weighted by atomic mass is 9.81. The molecular weight excluding hydrogens is 172 g/mol. The SMILES string of the molecule is CCC(C)(CC)N1CCC2CNC2C1. The molecule has 0 aromatic heterocycles. The Morgan fingerprint density at radius 3 is 2.50 bits per heavy atom. The number of nitrogens with zero attached hydrogens (tertiary/aromatic N) is 1. The van der Waals surface area contributed by atoms with Crippen molar-refractivity contribution < 1.29 is 0 Å². The molecule has 0 aromatic carbocycles. The van der Waals surface area contributed by atoms with Crippen LogP contribution in [0.5, 0.6) is 0 Å². The molecule has 0 bridgehead atoms. The van der Waals surface area contributed by atoms with Crippen molar-refractivity contribution in [2.45, 2.75) is 51.6 Å². The zero-order valence-electron chi connectivity index (χ0n) is 9.84. The summed E-state index contributed by atoms with van der Waals surface area (Å²) in [4.78, 5) is 2.71. The monoisotopic (exact) mass is 196 g/mol. The third-order valence-corrected chi connectivity index (χ3v) is 4.68. The number of nitrogens with one attached hydrogen (secondary N) is 1. The molecule has 2 fully saturated rings. The van der Waals surface area contributed by atoms with E-state index in [2.05, 4.69) is 31.0 Å². The Balaban J connectivity index is 1.97. The molecule has 2 aliphatic heterocycles. The Bertz CT molecular complexity index is 198. The van der Waals surface area contributed by atoms with Gasteiger partial charge >= 0.3 is 0 Å². The number of hydrogen-bond acceptors (Lipinski definition) is 2. The molecule has 0 spiro atoms. The van der Waals surface area contributed by atoms with Crippen LogP contribution < -0.4 is 5.32 Å². The summed E-state index contributed by atoms with van der Waals surface area (Å²) in [5.41, 5.74) is 0.447. The predicted molar refractivity (Wildman–Crippen MR) is 60.5 cm³/mol. The Hall–Kier alpha value is -0.0800. The Labute approximate surface area is 88.1 Å². The summed E-state index contributed by atoms with van der Waals surface area (Å²) in [7, 11) is 0. The van der Waals surface area contributed by atoms with Crippen LogP contribution in [0.4, 0.5) is 0 Å². The fraction of sp³-hybridized carbons (Fsp3) is 1.00. The number of fused-ring (bicyclic) bond motifs is 1. The maximum atomic E-state index is 3.56. The Morgan fingerprint density at radius 1 is 1.36 bits per heavy atom. The van der Waals surface area contributed by atoms with Gasteiger partial charge in [-0.2, -0.15) is 0 Å². The smallest absolute Gasteiger partial charge is 0.0236 e.